The largest absolute Gasteiger partial charge is 0.493 e. The van der Waals surface area contributed by atoms with Gasteiger partial charge in [0.25, 0.3) is 0 Å². The van der Waals surface area contributed by atoms with Crippen LogP contribution in [0.1, 0.15) is 36.8 Å². The third kappa shape index (κ3) is 1.77. The van der Waals surface area contributed by atoms with Gasteiger partial charge in [-0.15, -0.1) is 0 Å². The molecule has 1 aromatic carbocycles. The van der Waals surface area contributed by atoms with E-state index in [2.05, 4.69) is 6.07 Å². The zero-order chi connectivity index (χ0) is 18.7. The molecule has 0 spiro atoms. The molecule has 4 rings (SSSR count). The molecule has 26 heavy (non-hydrogen) atoms. The maximum Gasteiger partial charge on any atom is 0.311 e. The average molecular weight is 359 g/mol. The Bertz CT molecular complexity index is 791. The zero-order valence-electron chi connectivity index (χ0n) is 15.8. The molecule has 3 aliphatic rings. The molecule has 2 fully saturated rings. The summed E-state index contributed by atoms with van der Waals surface area (Å²) in [6.07, 6.45) is 3.43. The Morgan fingerprint density at radius 1 is 1.19 bits per heavy atom. The third-order valence-electron chi connectivity index (χ3n) is 7.06. The van der Waals surface area contributed by atoms with E-state index < -0.39 is 11.0 Å². The van der Waals surface area contributed by atoms with Crippen LogP contribution in [0.25, 0.3) is 0 Å². The molecule has 3 atom stereocenters. The van der Waals surface area contributed by atoms with E-state index in [0.717, 1.165) is 24.8 Å². The van der Waals surface area contributed by atoms with Crippen molar-refractivity contribution in [1.82, 2.24) is 4.90 Å². The molecule has 6 heteroatoms. The highest BCUT2D eigenvalue weighted by Gasteiger charge is 2.72. The first-order valence-electron chi connectivity index (χ1n) is 9.05. The number of hydrogen-bond acceptors (Lipinski definition) is 5. The first-order valence-corrected chi connectivity index (χ1v) is 9.05. The summed E-state index contributed by atoms with van der Waals surface area (Å²) in [7, 11) is 6.52. The Labute approximate surface area is 153 Å². The minimum atomic E-state index is -0.552. The highest BCUT2D eigenvalue weighted by molar-refractivity contribution is 5.88. The Kier molecular flexibility index (Phi) is 3.72. The molecule has 140 valence electrons. The van der Waals surface area contributed by atoms with E-state index in [1.54, 1.807) is 14.2 Å². The van der Waals surface area contributed by atoms with Crippen LogP contribution in [0, 0.1) is 5.92 Å². The van der Waals surface area contributed by atoms with Crippen molar-refractivity contribution in [3.63, 3.8) is 0 Å². The maximum absolute atomic E-state index is 12.9. The van der Waals surface area contributed by atoms with Crippen LogP contribution in [0.4, 0.5) is 0 Å². The van der Waals surface area contributed by atoms with Crippen molar-refractivity contribution >= 4 is 11.9 Å². The van der Waals surface area contributed by atoms with E-state index >= 15 is 0 Å². The number of likely N-dealkylation sites (N-methyl/N-ethyl adjacent to an activating group) is 1. The van der Waals surface area contributed by atoms with Crippen LogP contribution in [-0.2, 0) is 26.2 Å². The molecule has 0 aromatic heterocycles. The lowest BCUT2D eigenvalue weighted by atomic mass is 9.58. The maximum atomic E-state index is 12.9. The predicted octanol–water partition coefficient (Wildman–Crippen LogP) is 2.07. The van der Waals surface area contributed by atoms with E-state index in [4.69, 9.17) is 14.2 Å². The molecule has 2 aliphatic carbocycles. The van der Waals surface area contributed by atoms with Gasteiger partial charge in [-0.05, 0) is 37.3 Å². The quantitative estimate of drug-likeness (QED) is 0.773. The Balaban J connectivity index is 2.01. The van der Waals surface area contributed by atoms with Crippen LogP contribution in [0.15, 0.2) is 12.1 Å². The van der Waals surface area contributed by atoms with Crippen molar-refractivity contribution in [2.24, 2.45) is 5.92 Å². The van der Waals surface area contributed by atoms with Crippen LogP contribution in [-0.4, -0.2) is 50.7 Å². The number of rotatable bonds is 3. The number of likely N-dealkylation sites (tertiary alicyclic amines) is 1. The second-order valence-electron chi connectivity index (χ2n) is 7.59. The minimum absolute atomic E-state index is 0.0799. The highest BCUT2D eigenvalue weighted by atomic mass is 16.5. The van der Waals surface area contributed by atoms with Gasteiger partial charge in [0.05, 0.1) is 32.8 Å². The van der Waals surface area contributed by atoms with Gasteiger partial charge < -0.3 is 19.1 Å². The fourth-order valence-corrected chi connectivity index (χ4v) is 6.07. The molecule has 1 saturated heterocycles. The second kappa shape index (κ2) is 5.63. The first kappa shape index (κ1) is 17.2. The number of hydrogen-bond donors (Lipinski definition) is 0. The zero-order valence-corrected chi connectivity index (χ0v) is 15.8. The molecular formula is C20H25NO5. The second-order valence-corrected chi connectivity index (χ2v) is 7.59. The van der Waals surface area contributed by atoms with Crippen molar-refractivity contribution in [3.05, 3.63) is 23.3 Å². The number of carbonyl (C=O) groups excluding carboxylic acids is 2. The molecule has 1 aliphatic heterocycles. The van der Waals surface area contributed by atoms with Crippen LogP contribution in [0.3, 0.4) is 0 Å². The fraction of sp³-hybridized carbons (Fsp3) is 0.600. The number of amides is 1. The van der Waals surface area contributed by atoms with Crippen LogP contribution in [0.5, 0.6) is 11.5 Å². The molecule has 1 saturated carbocycles. The van der Waals surface area contributed by atoms with Gasteiger partial charge in [0.15, 0.2) is 11.5 Å². The Morgan fingerprint density at radius 3 is 2.62 bits per heavy atom. The van der Waals surface area contributed by atoms with E-state index in [1.165, 1.54) is 12.7 Å². The first-order chi connectivity index (χ1) is 12.5. The normalized spacial score (nSPS) is 31.9. The van der Waals surface area contributed by atoms with Gasteiger partial charge in [0.2, 0.25) is 5.91 Å². The number of methoxy groups -OCH3 is 3. The summed E-state index contributed by atoms with van der Waals surface area (Å²) in [6, 6.07) is 4.00. The molecular weight excluding hydrogens is 334 g/mol. The summed E-state index contributed by atoms with van der Waals surface area (Å²) >= 11 is 0. The van der Waals surface area contributed by atoms with Crippen molar-refractivity contribution in [3.8, 4) is 11.5 Å². The lowest BCUT2D eigenvalue weighted by Gasteiger charge is -2.50. The topological polar surface area (TPSA) is 65.1 Å². The van der Waals surface area contributed by atoms with Gasteiger partial charge in [0, 0.05) is 24.4 Å². The van der Waals surface area contributed by atoms with Crippen molar-refractivity contribution in [1.29, 1.82) is 0 Å². The van der Waals surface area contributed by atoms with Gasteiger partial charge in [-0.3, -0.25) is 9.59 Å². The minimum Gasteiger partial charge on any atom is -0.493 e. The summed E-state index contributed by atoms with van der Waals surface area (Å²) in [6.45, 7) is 0. The van der Waals surface area contributed by atoms with E-state index in [1.807, 2.05) is 18.0 Å². The fourth-order valence-electron chi connectivity index (χ4n) is 6.07. The monoisotopic (exact) mass is 359 g/mol. The number of fused-ring (bicyclic) bond motifs is 1. The van der Waals surface area contributed by atoms with Crippen molar-refractivity contribution in [2.45, 2.75) is 43.1 Å². The van der Waals surface area contributed by atoms with Gasteiger partial charge in [-0.1, -0.05) is 6.07 Å². The molecule has 1 aromatic rings. The van der Waals surface area contributed by atoms with E-state index in [9.17, 15) is 9.59 Å². The number of aryl methyl sites for hydroxylation is 1. The van der Waals surface area contributed by atoms with Crippen molar-refractivity contribution in [2.75, 3.05) is 28.4 Å². The highest BCUT2D eigenvalue weighted by Crippen LogP contribution is 2.66. The van der Waals surface area contributed by atoms with Crippen molar-refractivity contribution < 1.29 is 23.8 Å². The molecule has 0 unspecified atom stereocenters. The summed E-state index contributed by atoms with van der Waals surface area (Å²) < 4.78 is 16.4. The number of esters is 1. The van der Waals surface area contributed by atoms with E-state index in [-0.39, 0.29) is 17.8 Å². The molecule has 0 N–H and O–H groups in total. The van der Waals surface area contributed by atoms with E-state index in [0.29, 0.717) is 24.3 Å². The predicted molar refractivity (Wildman–Crippen MR) is 94.4 cm³/mol. The standard InChI is InChI=1S/C20H25NO5/c1-21-15(22)11-19-9-8-13(18(23)26-4)20(19,21)10-7-12-5-6-14(24-2)17(25-3)16(12)19/h5-6,13H,7-11H2,1-4H3/t13-,19+,20+/m0/s1. The number of nitrogens with zero attached hydrogens (tertiary/aromatic N) is 1. The molecule has 1 amide bonds. The summed E-state index contributed by atoms with van der Waals surface area (Å²) in [5, 5.41) is 0. The average Bonchev–Trinajstić information content (AvgIpc) is 3.11. The number of benzene rings is 1. The molecule has 0 radical (unpaired) electrons. The smallest absolute Gasteiger partial charge is 0.311 e. The Morgan fingerprint density at radius 2 is 1.96 bits per heavy atom. The van der Waals surface area contributed by atoms with Crippen LogP contribution in [0.2, 0.25) is 0 Å². The van der Waals surface area contributed by atoms with Gasteiger partial charge >= 0.3 is 5.97 Å². The lowest BCUT2D eigenvalue weighted by molar-refractivity contribution is -0.152. The van der Waals surface area contributed by atoms with Crippen LogP contribution >= 0.6 is 0 Å². The van der Waals surface area contributed by atoms with Gasteiger partial charge in [-0.2, -0.15) is 0 Å². The van der Waals surface area contributed by atoms with Crippen LogP contribution < -0.4 is 9.47 Å². The summed E-state index contributed by atoms with van der Waals surface area (Å²) in [5.74, 6) is 0.908. The number of ether oxygens (including phenoxy) is 3. The third-order valence-corrected chi connectivity index (χ3v) is 7.06. The number of carbonyl (C=O) groups is 2. The Hall–Kier alpha value is -2.24. The molecule has 1 heterocycles. The SMILES string of the molecule is COC(=O)[C@@H]1CC[C@]23CC(=O)N(C)[C@]12CCc1ccc(OC)c(OC)c13. The lowest BCUT2D eigenvalue weighted by Crippen LogP contribution is -2.60. The summed E-state index contributed by atoms with van der Waals surface area (Å²) in [4.78, 5) is 27.3. The van der Waals surface area contributed by atoms with Gasteiger partial charge in [-0.25, -0.2) is 0 Å². The van der Waals surface area contributed by atoms with Gasteiger partial charge in [0.1, 0.15) is 0 Å². The molecule has 0 bridgehead atoms. The summed E-state index contributed by atoms with van der Waals surface area (Å²) in [5.41, 5.74) is 1.25. The molecule has 6 nitrogen and oxygen atoms in total.